The second-order valence-corrected chi connectivity index (χ2v) is 8.68. The normalized spacial score (nSPS) is 13.8. The molecule has 0 saturated heterocycles. The van der Waals surface area contributed by atoms with E-state index in [1.807, 2.05) is 24.3 Å². The van der Waals surface area contributed by atoms with E-state index < -0.39 is 10.0 Å². The van der Waals surface area contributed by atoms with Gasteiger partial charge in [0.2, 0.25) is 0 Å². The number of halogens is 1. The fourth-order valence-corrected chi connectivity index (χ4v) is 4.95. The van der Waals surface area contributed by atoms with Crippen molar-refractivity contribution >= 4 is 33.0 Å². The number of aromatic nitrogens is 1. The predicted molar refractivity (Wildman–Crippen MR) is 109 cm³/mol. The van der Waals surface area contributed by atoms with E-state index in [9.17, 15) is 8.42 Å². The van der Waals surface area contributed by atoms with E-state index in [-0.39, 0.29) is 10.7 Å². The number of aryl methyl sites for hydroxylation is 2. The van der Waals surface area contributed by atoms with Crippen LogP contribution in [0, 0.1) is 13.8 Å². The Kier molecular flexibility index (Phi) is 4.72. The summed E-state index contributed by atoms with van der Waals surface area (Å²) in [6.45, 7) is 3.85. The van der Waals surface area contributed by atoms with Crippen LogP contribution in [0.3, 0.4) is 0 Å². The van der Waals surface area contributed by atoms with Crippen molar-refractivity contribution in [3.63, 3.8) is 0 Å². The molecule has 3 aromatic rings. The molecular formula is C20H18ClN3O3S. The zero-order chi connectivity index (χ0) is 19.9. The molecule has 6 nitrogen and oxygen atoms in total. The Balaban J connectivity index is 1.70. The molecule has 8 heteroatoms. The van der Waals surface area contributed by atoms with Crippen molar-refractivity contribution in [2.24, 2.45) is 4.99 Å². The van der Waals surface area contributed by atoms with Gasteiger partial charge in [0.1, 0.15) is 5.69 Å². The Labute approximate surface area is 168 Å². The quantitative estimate of drug-likeness (QED) is 0.694. The predicted octanol–water partition coefficient (Wildman–Crippen LogP) is 4.14. The number of sulfonamides is 1. The average Bonchev–Trinajstić information content (AvgIpc) is 3.00. The minimum atomic E-state index is -3.81. The maximum absolute atomic E-state index is 12.8. The van der Waals surface area contributed by atoms with Crippen LogP contribution >= 0.6 is 11.6 Å². The zero-order valence-electron chi connectivity index (χ0n) is 15.4. The van der Waals surface area contributed by atoms with Gasteiger partial charge in [0.15, 0.2) is 10.7 Å². The molecule has 1 aliphatic heterocycles. The van der Waals surface area contributed by atoms with Crippen LogP contribution in [-0.2, 0) is 16.4 Å². The molecule has 1 aliphatic rings. The van der Waals surface area contributed by atoms with E-state index in [1.54, 1.807) is 32.0 Å². The zero-order valence-corrected chi connectivity index (χ0v) is 16.9. The summed E-state index contributed by atoms with van der Waals surface area (Å²) in [7, 11) is -3.81. The number of aliphatic imine (C=N–C) groups is 1. The Morgan fingerprint density at radius 3 is 2.71 bits per heavy atom. The number of nitrogens with zero attached hydrogens (tertiary/aromatic N) is 2. The van der Waals surface area contributed by atoms with Gasteiger partial charge in [0, 0.05) is 28.4 Å². The van der Waals surface area contributed by atoms with Gasteiger partial charge in [-0.15, -0.1) is 0 Å². The first-order chi connectivity index (χ1) is 13.3. The number of rotatable bonds is 4. The first-order valence-corrected chi connectivity index (χ1v) is 10.6. The van der Waals surface area contributed by atoms with E-state index in [0.717, 1.165) is 23.3 Å². The van der Waals surface area contributed by atoms with Gasteiger partial charge in [-0.3, -0.25) is 9.71 Å². The largest absolute Gasteiger partial charge is 0.360 e. The monoisotopic (exact) mass is 415 g/mol. The molecule has 1 N–H and O–H groups in total. The van der Waals surface area contributed by atoms with Crippen molar-refractivity contribution in [3.05, 3.63) is 75.6 Å². The van der Waals surface area contributed by atoms with Gasteiger partial charge in [-0.2, -0.15) is 0 Å². The van der Waals surface area contributed by atoms with Crippen molar-refractivity contribution < 1.29 is 12.9 Å². The summed E-state index contributed by atoms with van der Waals surface area (Å²) in [5.41, 5.74) is 4.54. The molecule has 2 heterocycles. The van der Waals surface area contributed by atoms with Crippen molar-refractivity contribution in [1.29, 1.82) is 0 Å². The number of hydrogen-bond acceptors (Lipinski definition) is 5. The lowest BCUT2D eigenvalue weighted by Gasteiger charge is -2.18. The number of fused-ring (bicyclic) bond motifs is 1. The molecule has 28 heavy (non-hydrogen) atoms. The third kappa shape index (κ3) is 3.43. The van der Waals surface area contributed by atoms with Gasteiger partial charge in [0.05, 0.1) is 5.71 Å². The lowest BCUT2D eigenvalue weighted by molar-refractivity contribution is 0.390. The molecule has 0 bridgehead atoms. The number of nitrogens with one attached hydrogen (secondary N) is 1. The Morgan fingerprint density at radius 1 is 1.14 bits per heavy atom. The molecule has 2 aromatic carbocycles. The highest BCUT2D eigenvalue weighted by Crippen LogP contribution is 2.27. The minimum absolute atomic E-state index is 0.0602. The van der Waals surface area contributed by atoms with Gasteiger partial charge < -0.3 is 4.52 Å². The number of benzene rings is 2. The van der Waals surface area contributed by atoms with Crippen molar-refractivity contribution in [2.45, 2.75) is 25.2 Å². The van der Waals surface area contributed by atoms with E-state index in [1.165, 1.54) is 5.56 Å². The van der Waals surface area contributed by atoms with Crippen molar-refractivity contribution in [2.75, 3.05) is 11.3 Å². The first kappa shape index (κ1) is 18.7. The molecule has 0 spiro atoms. The highest BCUT2D eigenvalue weighted by molar-refractivity contribution is 7.92. The molecule has 0 amide bonds. The fourth-order valence-electron chi connectivity index (χ4n) is 3.40. The van der Waals surface area contributed by atoms with Gasteiger partial charge in [-0.25, -0.2) is 8.42 Å². The first-order valence-electron chi connectivity index (χ1n) is 8.74. The third-order valence-electron chi connectivity index (χ3n) is 4.60. The van der Waals surface area contributed by atoms with Crippen LogP contribution in [-0.4, -0.2) is 25.8 Å². The van der Waals surface area contributed by atoms with Gasteiger partial charge in [-0.1, -0.05) is 35.0 Å². The SMILES string of the molecule is Cc1noc(C)c1S(=O)(=O)Nc1cccc(C2=NCCc3ccc(Cl)cc32)c1. The topological polar surface area (TPSA) is 84.6 Å². The highest BCUT2D eigenvalue weighted by Gasteiger charge is 2.24. The number of hydrogen-bond donors (Lipinski definition) is 1. The molecule has 0 atom stereocenters. The summed E-state index contributed by atoms with van der Waals surface area (Å²) >= 11 is 6.17. The van der Waals surface area contributed by atoms with Crippen molar-refractivity contribution in [1.82, 2.24) is 5.16 Å². The molecule has 0 radical (unpaired) electrons. The van der Waals surface area contributed by atoms with Crippen LogP contribution in [0.15, 0.2) is 56.9 Å². The smallest absolute Gasteiger partial charge is 0.267 e. The third-order valence-corrected chi connectivity index (χ3v) is 6.46. The average molecular weight is 416 g/mol. The summed E-state index contributed by atoms with van der Waals surface area (Å²) in [6, 6.07) is 12.9. The van der Waals surface area contributed by atoms with Crippen LogP contribution in [0.2, 0.25) is 5.02 Å². The summed E-state index contributed by atoms with van der Waals surface area (Å²) in [4.78, 5) is 4.71. The standard InChI is InChI=1S/C20H18ClN3O3S/c1-12-20(13(2)27-23-12)28(25,26)24-17-5-3-4-15(10-17)19-18-11-16(21)7-6-14(18)8-9-22-19/h3-7,10-11,24H,8-9H2,1-2H3. The second-order valence-electron chi connectivity index (χ2n) is 6.62. The van der Waals surface area contributed by atoms with Crippen molar-refractivity contribution in [3.8, 4) is 0 Å². The second kappa shape index (κ2) is 7.07. The molecule has 144 valence electrons. The van der Waals surface area contributed by atoms with Crippen LogP contribution < -0.4 is 4.72 Å². The maximum atomic E-state index is 12.8. The van der Waals surface area contributed by atoms with Gasteiger partial charge >= 0.3 is 0 Å². The summed E-state index contributed by atoms with van der Waals surface area (Å²) in [5, 5.41) is 4.36. The Hall–Kier alpha value is -2.64. The van der Waals surface area contributed by atoms with Gasteiger partial charge in [0.25, 0.3) is 10.0 Å². The van der Waals surface area contributed by atoms with E-state index in [2.05, 4.69) is 14.9 Å². The lowest BCUT2D eigenvalue weighted by Crippen LogP contribution is -2.16. The molecule has 0 aliphatic carbocycles. The Morgan fingerprint density at radius 2 is 1.96 bits per heavy atom. The van der Waals surface area contributed by atoms with Crippen LogP contribution in [0.1, 0.15) is 28.1 Å². The van der Waals surface area contributed by atoms with Gasteiger partial charge in [-0.05, 0) is 50.1 Å². The highest BCUT2D eigenvalue weighted by atomic mass is 35.5. The molecule has 4 rings (SSSR count). The lowest BCUT2D eigenvalue weighted by atomic mass is 9.93. The summed E-state index contributed by atoms with van der Waals surface area (Å²) in [5.74, 6) is 0.251. The summed E-state index contributed by atoms with van der Waals surface area (Å²) < 4.78 is 33.1. The Bertz CT molecular complexity index is 1180. The van der Waals surface area contributed by atoms with E-state index in [0.29, 0.717) is 22.9 Å². The molecule has 0 unspecified atom stereocenters. The molecular weight excluding hydrogens is 398 g/mol. The molecule has 0 saturated carbocycles. The fraction of sp³-hybridized carbons (Fsp3) is 0.200. The van der Waals surface area contributed by atoms with Crippen LogP contribution in [0.25, 0.3) is 0 Å². The van der Waals surface area contributed by atoms with Crippen LogP contribution in [0.4, 0.5) is 5.69 Å². The van der Waals surface area contributed by atoms with Crippen LogP contribution in [0.5, 0.6) is 0 Å². The minimum Gasteiger partial charge on any atom is -0.360 e. The van der Waals surface area contributed by atoms with E-state index >= 15 is 0 Å². The summed E-state index contributed by atoms with van der Waals surface area (Å²) in [6.07, 6.45) is 0.856. The number of anilines is 1. The molecule has 0 fully saturated rings. The molecule has 1 aromatic heterocycles. The maximum Gasteiger partial charge on any atom is 0.267 e. The van der Waals surface area contributed by atoms with E-state index in [4.69, 9.17) is 16.1 Å².